The molecule has 4 nitrogen and oxygen atoms in total. The molecule has 6 heteroatoms. The maximum atomic E-state index is 12.7. The maximum absolute atomic E-state index is 12.7. The van der Waals surface area contributed by atoms with Gasteiger partial charge in [-0.05, 0) is 41.6 Å². The van der Waals surface area contributed by atoms with Crippen molar-refractivity contribution in [2.75, 3.05) is 18.8 Å². The first-order chi connectivity index (χ1) is 14.0. The molecule has 1 fully saturated rings. The highest BCUT2D eigenvalue weighted by atomic mass is 35.5. The number of halogens is 1. The minimum Gasteiger partial charge on any atom is -0.299 e. The lowest BCUT2D eigenvalue weighted by molar-refractivity contribution is 0.320. The zero-order valence-electron chi connectivity index (χ0n) is 16.0. The van der Waals surface area contributed by atoms with Crippen molar-refractivity contribution in [1.82, 2.24) is 9.88 Å². The number of sulfone groups is 1. The molecule has 1 aliphatic rings. The largest absolute Gasteiger partial charge is 0.299 e. The van der Waals surface area contributed by atoms with Crippen molar-refractivity contribution < 1.29 is 8.42 Å². The number of pyridine rings is 1. The number of hydrogen-bond acceptors (Lipinski definition) is 4. The monoisotopic (exact) mass is 426 g/mol. The average molecular weight is 427 g/mol. The van der Waals surface area contributed by atoms with Gasteiger partial charge in [0.15, 0.2) is 9.84 Å². The van der Waals surface area contributed by atoms with E-state index in [9.17, 15) is 8.42 Å². The van der Waals surface area contributed by atoms with E-state index in [4.69, 9.17) is 11.6 Å². The number of nitrogens with zero attached hydrogens (tertiary/aromatic N) is 2. The lowest BCUT2D eigenvalue weighted by atomic mass is 10.0. The van der Waals surface area contributed by atoms with E-state index in [-0.39, 0.29) is 21.6 Å². The molecule has 0 radical (unpaired) electrons. The molecule has 0 spiro atoms. The maximum Gasteiger partial charge on any atom is 0.181 e. The molecule has 2 aromatic carbocycles. The minimum absolute atomic E-state index is 0.111. The summed E-state index contributed by atoms with van der Waals surface area (Å²) in [5, 5.41) is 0.244. The second-order valence-corrected chi connectivity index (χ2v) is 9.95. The van der Waals surface area contributed by atoms with Gasteiger partial charge in [0.05, 0.1) is 10.8 Å². The van der Waals surface area contributed by atoms with Crippen molar-refractivity contribution in [2.24, 2.45) is 5.92 Å². The van der Waals surface area contributed by atoms with E-state index in [1.165, 1.54) is 35.2 Å². The summed E-state index contributed by atoms with van der Waals surface area (Å²) in [6.07, 6.45) is 3.72. The lowest BCUT2D eigenvalue weighted by Gasteiger charge is -2.16. The Balaban J connectivity index is 1.36. The average Bonchev–Trinajstić information content (AvgIpc) is 3.15. The third-order valence-corrected chi connectivity index (χ3v) is 7.71. The molecule has 0 saturated carbocycles. The van der Waals surface area contributed by atoms with Gasteiger partial charge in [0.25, 0.3) is 0 Å². The molecule has 0 aliphatic carbocycles. The quantitative estimate of drug-likeness (QED) is 0.573. The standard InChI is InChI=1S/C23H23ClN2O2S/c24-22-10-12-25-14-23(22)29(27,28)17-19-11-13-26(16-19)15-18-6-8-21(9-7-18)20-4-2-1-3-5-20/h1-10,12,14,19H,11,13,15-17H2/t19-/m1/s1. The summed E-state index contributed by atoms with van der Waals surface area (Å²) in [5.74, 6) is 0.224. The highest BCUT2D eigenvalue weighted by Crippen LogP contribution is 2.27. The van der Waals surface area contributed by atoms with Gasteiger partial charge >= 0.3 is 0 Å². The van der Waals surface area contributed by atoms with E-state index in [0.717, 1.165) is 26.1 Å². The highest BCUT2D eigenvalue weighted by molar-refractivity contribution is 7.91. The van der Waals surface area contributed by atoms with Crippen molar-refractivity contribution in [3.8, 4) is 11.1 Å². The number of hydrogen-bond donors (Lipinski definition) is 0. The first-order valence-electron chi connectivity index (χ1n) is 9.70. The summed E-state index contributed by atoms with van der Waals surface area (Å²) >= 11 is 6.06. The van der Waals surface area contributed by atoms with Crippen molar-refractivity contribution in [3.05, 3.63) is 83.6 Å². The van der Waals surface area contributed by atoms with Crippen molar-refractivity contribution in [2.45, 2.75) is 17.9 Å². The molecule has 3 aromatic rings. The summed E-state index contributed by atoms with van der Waals surface area (Å²) in [4.78, 5) is 6.37. The number of aromatic nitrogens is 1. The fourth-order valence-electron chi connectivity index (χ4n) is 3.88. The van der Waals surface area contributed by atoms with Gasteiger partial charge in [-0.25, -0.2) is 8.42 Å². The molecule has 0 N–H and O–H groups in total. The van der Waals surface area contributed by atoms with Gasteiger partial charge < -0.3 is 0 Å². The van der Waals surface area contributed by atoms with Crippen LogP contribution in [-0.2, 0) is 16.4 Å². The Hall–Kier alpha value is -2.21. The summed E-state index contributed by atoms with van der Waals surface area (Å²) in [7, 11) is -3.43. The van der Waals surface area contributed by atoms with E-state index >= 15 is 0 Å². The van der Waals surface area contributed by atoms with Crippen LogP contribution in [-0.4, -0.2) is 37.1 Å². The van der Waals surface area contributed by atoms with E-state index in [2.05, 4.69) is 46.3 Å². The molecule has 29 heavy (non-hydrogen) atoms. The summed E-state index contributed by atoms with van der Waals surface area (Å²) < 4.78 is 25.4. The zero-order valence-corrected chi connectivity index (χ0v) is 17.6. The van der Waals surface area contributed by atoms with Crippen molar-refractivity contribution >= 4 is 21.4 Å². The molecular weight excluding hydrogens is 404 g/mol. The molecule has 150 valence electrons. The van der Waals surface area contributed by atoms with E-state index in [1.807, 2.05) is 18.2 Å². The summed E-state index contributed by atoms with van der Waals surface area (Å²) in [5.41, 5.74) is 3.65. The number of likely N-dealkylation sites (tertiary alicyclic amines) is 1. The predicted molar refractivity (Wildman–Crippen MR) is 117 cm³/mol. The Bertz CT molecular complexity index is 1070. The smallest absolute Gasteiger partial charge is 0.181 e. The second-order valence-electron chi connectivity index (χ2n) is 7.54. The second kappa shape index (κ2) is 8.66. The van der Waals surface area contributed by atoms with Gasteiger partial charge in [0, 0.05) is 25.5 Å². The molecule has 0 unspecified atom stereocenters. The summed E-state index contributed by atoms with van der Waals surface area (Å²) in [6.45, 7) is 2.51. The van der Waals surface area contributed by atoms with Gasteiger partial charge in [-0.1, -0.05) is 66.2 Å². The van der Waals surface area contributed by atoms with Gasteiger partial charge in [0.1, 0.15) is 4.90 Å². The molecule has 0 bridgehead atoms. The zero-order chi connectivity index (χ0) is 20.3. The Labute approximate surface area is 177 Å². The van der Waals surface area contributed by atoms with Gasteiger partial charge in [-0.2, -0.15) is 0 Å². The van der Waals surface area contributed by atoms with Crippen LogP contribution in [0.2, 0.25) is 5.02 Å². The molecule has 1 aromatic heterocycles. The van der Waals surface area contributed by atoms with Gasteiger partial charge in [-0.3, -0.25) is 9.88 Å². The van der Waals surface area contributed by atoms with E-state index in [1.54, 1.807) is 0 Å². The first-order valence-corrected chi connectivity index (χ1v) is 11.7. The summed E-state index contributed by atoms with van der Waals surface area (Å²) in [6, 6.07) is 20.4. The Morgan fingerprint density at radius 3 is 2.45 bits per heavy atom. The van der Waals surface area contributed by atoms with Crippen LogP contribution >= 0.6 is 11.6 Å². The van der Waals surface area contributed by atoms with Crippen LogP contribution in [0, 0.1) is 5.92 Å². The molecule has 4 rings (SSSR count). The lowest BCUT2D eigenvalue weighted by Crippen LogP contribution is -2.23. The topological polar surface area (TPSA) is 50.3 Å². The van der Waals surface area contributed by atoms with Crippen LogP contribution in [0.25, 0.3) is 11.1 Å². The Kier molecular flexibility index (Phi) is 5.99. The Morgan fingerprint density at radius 2 is 1.72 bits per heavy atom. The SMILES string of the molecule is O=S(=O)(C[C@@H]1CCN(Cc2ccc(-c3ccccc3)cc2)C1)c1cnccc1Cl. The van der Waals surface area contributed by atoms with Crippen LogP contribution < -0.4 is 0 Å². The molecular formula is C23H23ClN2O2S. The third kappa shape index (κ3) is 4.86. The molecule has 1 saturated heterocycles. The molecule has 1 aliphatic heterocycles. The first kappa shape index (κ1) is 20.1. The van der Waals surface area contributed by atoms with Gasteiger partial charge in [-0.15, -0.1) is 0 Å². The highest BCUT2D eigenvalue weighted by Gasteiger charge is 2.29. The Morgan fingerprint density at radius 1 is 1.00 bits per heavy atom. The fourth-order valence-corrected chi connectivity index (χ4v) is 5.99. The fraction of sp³-hybridized carbons (Fsp3) is 0.261. The molecule has 2 heterocycles. The normalized spacial score (nSPS) is 17.5. The van der Waals surface area contributed by atoms with E-state index < -0.39 is 9.84 Å². The van der Waals surface area contributed by atoms with Crippen LogP contribution in [0.5, 0.6) is 0 Å². The number of benzene rings is 2. The third-order valence-electron chi connectivity index (χ3n) is 5.36. The predicted octanol–water partition coefficient (Wildman–Crippen LogP) is 4.70. The number of rotatable bonds is 6. The van der Waals surface area contributed by atoms with Crippen molar-refractivity contribution in [3.63, 3.8) is 0 Å². The van der Waals surface area contributed by atoms with Crippen molar-refractivity contribution in [1.29, 1.82) is 0 Å². The van der Waals surface area contributed by atoms with Crippen LogP contribution in [0.3, 0.4) is 0 Å². The van der Waals surface area contributed by atoms with Crippen LogP contribution in [0.4, 0.5) is 0 Å². The van der Waals surface area contributed by atoms with Gasteiger partial charge in [0.2, 0.25) is 0 Å². The molecule has 0 amide bonds. The van der Waals surface area contributed by atoms with E-state index in [0.29, 0.717) is 0 Å². The van der Waals surface area contributed by atoms with Crippen LogP contribution in [0.15, 0.2) is 78.0 Å². The minimum atomic E-state index is -3.43. The van der Waals surface area contributed by atoms with Crippen LogP contribution in [0.1, 0.15) is 12.0 Å². The molecule has 1 atom stereocenters.